The van der Waals surface area contributed by atoms with Gasteiger partial charge in [0.1, 0.15) is 11.6 Å². The van der Waals surface area contributed by atoms with Gasteiger partial charge in [0.25, 0.3) is 0 Å². The third-order valence-electron chi connectivity index (χ3n) is 7.11. The zero-order valence-electron chi connectivity index (χ0n) is 18.9. The number of fused-ring (bicyclic) bond motifs is 1. The van der Waals surface area contributed by atoms with Crippen LogP contribution in [0.15, 0.2) is 30.3 Å². The van der Waals surface area contributed by atoms with Gasteiger partial charge in [-0.3, -0.25) is 14.4 Å². The minimum Gasteiger partial charge on any atom is -0.394 e. The number of benzene rings is 1. The largest absolute Gasteiger partial charge is 0.394 e. The number of carbonyl (C=O) groups excluding carboxylic acids is 3. The Labute approximate surface area is 188 Å². The molecule has 8 heteroatoms. The van der Waals surface area contributed by atoms with E-state index in [0.29, 0.717) is 25.8 Å². The summed E-state index contributed by atoms with van der Waals surface area (Å²) >= 11 is 0. The molecule has 8 nitrogen and oxygen atoms in total. The van der Waals surface area contributed by atoms with Crippen LogP contribution in [-0.4, -0.2) is 64.2 Å². The number of nitrogens with zero attached hydrogens (tertiary/aromatic N) is 1. The minimum atomic E-state index is -1.03. The van der Waals surface area contributed by atoms with E-state index < -0.39 is 29.5 Å². The molecular formula is C24H33N3O5. The molecule has 3 saturated heterocycles. The average Bonchev–Trinajstić information content (AvgIpc) is 3.41. The molecule has 32 heavy (non-hydrogen) atoms. The van der Waals surface area contributed by atoms with E-state index >= 15 is 0 Å². The number of aliphatic hydroxyl groups is 1. The van der Waals surface area contributed by atoms with Crippen molar-refractivity contribution in [3.8, 4) is 0 Å². The number of amides is 3. The summed E-state index contributed by atoms with van der Waals surface area (Å²) in [5.74, 6) is -2.14. The standard InChI is InChI=1S/C24H33N3O5/c1-4-16(13-28)27-20(22(30)26-14(2)3)24-11-10-17(32-24)18(19(24)23(27)31)21(29)25-12-15-8-6-5-7-9-15/h5-9,14,16-20,28H,4,10-13H2,1-3H3,(H,25,29)(H,26,30)/t16-,17+,18-,19-,20?,24?/m0/s1. The fourth-order valence-corrected chi connectivity index (χ4v) is 5.76. The summed E-state index contributed by atoms with van der Waals surface area (Å²) in [6.45, 7) is 5.73. The van der Waals surface area contributed by atoms with Crippen molar-refractivity contribution >= 4 is 17.7 Å². The van der Waals surface area contributed by atoms with Crippen LogP contribution in [0.25, 0.3) is 0 Å². The summed E-state index contributed by atoms with van der Waals surface area (Å²) in [5.41, 5.74) is -0.0579. The van der Waals surface area contributed by atoms with Crippen LogP contribution in [0.5, 0.6) is 0 Å². The maximum atomic E-state index is 13.7. The van der Waals surface area contributed by atoms with Crippen LogP contribution in [0, 0.1) is 11.8 Å². The van der Waals surface area contributed by atoms with Crippen molar-refractivity contribution in [1.82, 2.24) is 15.5 Å². The molecule has 3 fully saturated rings. The highest BCUT2D eigenvalue weighted by Crippen LogP contribution is 2.58. The molecule has 2 bridgehead atoms. The summed E-state index contributed by atoms with van der Waals surface area (Å²) < 4.78 is 6.36. The fraction of sp³-hybridized carbons (Fsp3) is 0.625. The van der Waals surface area contributed by atoms with Gasteiger partial charge in [-0.05, 0) is 38.7 Å². The maximum absolute atomic E-state index is 13.7. The molecule has 3 aliphatic rings. The molecule has 0 saturated carbocycles. The van der Waals surface area contributed by atoms with E-state index in [2.05, 4.69) is 10.6 Å². The Hall–Kier alpha value is -2.45. The lowest BCUT2D eigenvalue weighted by Gasteiger charge is -2.36. The lowest BCUT2D eigenvalue weighted by Crippen LogP contribution is -2.58. The first-order chi connectivity index (χ1) is 15.3. The van der Waals surface area contributed by atoms with Crippen molar-refractivity contribution in [2.75, 3.05) is 6.61 Å². The molecule has 1 aromatic carbocycles. The molecule has 2 unspecified atom stereocenters. The lowest BCUT2D eigenvalue weighted by molar-refractivity contribution is -0.146. The second-order valence-electron chi connectivity index (χ2n) is 9.41. The summed E-state index contributed by atoms with van der Waals surface area (Å²) in [5, 5.41) is 15.8. The molecule has 1 spiro atoms. The smallest absolute Gasteiger partial charge is 0.246 e. The lowest BCUT2D eigenvalue weighted by atomic mass is 9.70. The Morgan fingerprint density at radius 2 is 1.97 bits per heavy atom. The number of likely N-dealkylation sites (tertiary alicyclic amines) is 1. The summed E-state index contributed by atoms with van der Waals surface area (Å²) in [6, 6.07) is 8.14. The first-order valence-corrected chi connectivity index (χ1v) is 11.6. The number of nitrogens with one attached hydrogen (secondary N) is 2. The first-order valence-electron chi connectivity index (χ1n) is 11.6. The van der Waals surface area contributed by atoms with Crippen LogP contribution >= 0.6 is 0 Å². The Kier molecular flexibility index (Phi) is 6.27. The second kappa shape index (κ2) is 8.83. The number of ether oxygens (including phenoxy) is 1. The zero-order chi connectivity index (χ0) is 23.0. The number of hydrogen-bond acceptors (Lipinski definition) is 5. The minimum absolute atomic E-state index is 0.104. The van der Waals surface area contributed by atoms with E-state index in [0.717, 1.165) is 5.56 Å². The third-order valence-corrected chi connectivity index (χ3v) is 7.11. The highest BCUT2D eigenvalue weighted by atomic mass is 16.5. The zero-order valence-corrected chi connectivity index (χ0v) is 18.9. The van der Waals surface area contributed by atoms with Gasteiger partial charge in [0.2, 0.25) is 17.7 Å². The fourth-order valence-electron chi connectivity index (χ4n) is 5.76. The normalized spacial score (nSPS) is 31.7. The summed E-state index contributed by atoms with van der Waals surface area (Å²) in [4.78, 5) is 41.7. The summed E-state index contributed by atoms with van der Waals surface area (Å²) in [6.07, 6.45) is 1.30. The molecule has 3 N–H and O–H groups in total. The van der Waals surface area contributed by atoms with Crippen LogP contribution in [0.2, 0.25) is 0 Å². The first kappa shape index (κ1) is 22.7. The molecule has 3 heterocycles. The Morgan fingerprint density at radius 1 is 1.25 bits per heavy atom. The van der Waals surface area contributed by atoms with Gasteiger partial charge < -0.3 is 25.4 Å². The number of carbonyl (C=O) groups is 3. The van der Waals surface area contributed by atoms with Crippen LogP contribution in [-0.2, 0) is 25.7 Å². The Morgan fingerprint density at radius 3 is 2.59 bits per heavy atom. The van der Waals surface area contributed by atoms with Crippen LogP contribution in [0.3, 0.4) is 0 Å². The SMILES string of the molecule is CC[C@@H](CO)N1C(=O)[C@@H]2[C@@H](C(=O)NCc3ccccc3)[C@H]3CCC2(O3)C1C(=O)NC(C)C. The van der Waals surface area contributed by atoms with E-state index in [1.54, 1.807) is 0 Å². The van der Waals surface area contributed by atoms with E-state index in [-0.39, 0.29) is 36.5 Å². The quantitative estimate of drug-likeness (QED) is 0.555. The number of hydrogen-bond donors (Lipinski definition) is 3. The third kappa shape index (κ3) is 3.59. The molecule has 0 aromatic heterocycles. The van der Waals surface area contributed by atoms with Crippen molar-refractivity contribution in [2.24, 2.45) is 11.8 Å². The van der Waals surface area contributed by atoms with Crippen molar-refractivity contribution < 1.29 is 24.2 Å². The van der Waals surface area contributed by atoms with Gasteiger partial charge in [-0.25, -0.2) is 0 Å². The van der Waals surface area contributed by atoms with Crippen LogP contribution in [0.4, 0.5) is 0 Å². The summed E-state index contributed by atoms with van der Waals surface area (Å²) in [7, 11) is 0. The Bertz CT molecular complexity index is 872. The number of aliphatic hydroxyl groups excluding tert-OH is 1. The van der Waals surface area contributed by atoms with Gasteiger partial charge >= 0.3 is 0 Å². The van der Waals surface area contributed by atoms with Crippen molar-refractivity contribution in [1.29, 1.82) is 0 Å². The second-order valence-corrected chi connectivity index (χ2v) is 9.41. The predicted octanol–water partition coefficient (Wildman–Crippen LogP) is 0.973. The van der Waals surface area contributed by atoms with Crippen molar-refractivity contribution in [3.05, 3.63) is 35.9 Å². The molecule has 0 radical (unpaired) electrons. The molecule has 3 amide bonds. The molecule has 6 atom stereocenters. The van der Waals surface area contributed by atoms with Gasteiger partial charge in [-0.1, -0.05) is 37.3 Å². The Balaban J connectivity index is 1.64. The van der Waals surface area contributed by atoms with Crippen LogP contribution in [0.1, 0.15) is 45.6 Å². The molecule has 174 valence electrons. The average molecular weight is 444 g/mol. The molecule has 3 aliphatic heterocycles. The molecule has 1 aromatic rings. The van der Waals surface area contributed by atoms with Gasteiger partial charge in [0, 0.05) is 12.6 Å². The van der Waals surface area contributed by atoms with Gasteiger partial charge in [-0.15, -0.1) is 0 Å². The number of rotatable bonds is 8. The van der Waals surface area contributed by atoms with Crippen LogP contribution < -0.4 is 10.6 Å². The highest BCUT2D eigenvalue weighted by Gasteiger charge is 2.74. The van der Waals surface area contributed by atoms with Gasteiger partial charge in [-0.2, -0.15) is 0 Å². The predicted molar refractivity (Wildman–Crippen MR) is 117 cm³/mol. The molecule has 0 aliphatic carbocycles. The van der Waals surface area contributed by atoms with Gasteiger partial charge in [0.15, 0.2) is 0 Å². The van der Waals surface area contributed by atoms with Gasteiger partial charge in [0.05, 0.1) is 30.6 Å². The van der Waals surface area contributed by atoms with E-state index in [4.69, 9.17) is 4.74 Å². The van der Waals surface area contributed by atoms with E-state index in [1.165, 1.54) is 4.90 Å². The van der Waals surface area contributed by atoms with E-state index in [9.17, 15) is 19.5 Å². The van der Waals surface area contributed by atoms with Crippen molar-refractivity contribution in [3.63, 3.8) is 0 Å². The molecular weight excluding hydrogens is 410 g/mol. The van der Waals surface area contributed by atoms with Crippen molar-refractivity contribution in [2.45, 2.75) is 76.4 Å². The molecule has 4 rings (SSSR count). The maximum Gasteiger partial charge on any atom is 0.246 e. The topological polar surface area (TPSA) is 108 Å². The monoisotopic (exact) mass is 443 g/mol. The highest BCUT2D eigenvalue weighted by molar-refractivity contribution is 5.99. The van der Waals surface area contributed by atoms with E-state index in [1.807, 2.05) is 51.1 Å².